The fraction of sp³-hybridized carbons (Fsp3) is 0.100. The van der Waals surface area contributed by atoms with Crippen LogP contribution in [-0.4, -0.2) is 12.7 Å². The predicted octanol–water partition coefficient (Wildman–Crippen LogP) is 5.11. The summed E-state index contributed by atoms with van der Waals surface area (Å²) in [7, 11) is -3.91. The molecule has 0 fully saturated rings. The second kappa shape index (κ2) is 8.49. The van der Waals surface area contributed by atoms with Gasteiger partial charge in [0.25, 0.3) is 0 Å². The minimum absolute atomic E-state index is 0.0489. The molecule has 0 aliphatic heterocycles. The molecule has 28 heavy (non-hydrogen) atoms. The van der Waals surface area contributed by atoms with Gasteiger partial charge in [0.05, 0.1) is 4.90 Å². The Balaban J connectivity index is 1.99. The zero-order chi connectivity index (χ0) is 20.3. The molecule has 0 amide bonds. The van der Waals surface area contributed by atoms with Crippen LogP contribution in [0.4, 0.5) is 10.1 Å². The largest absolute Gasteiger partial charge is 0.399 e. The molecule has 0 spiro atoms. The van der Waals surface area contributed by atoms with Crippen molar-refractivity contribution in [2.24, 2.45) is 0 Å². The molecule has 3 aromatic rings. The number of rotatable bonds is 6. The van der Waals surface area contributed by atoms with Gasteiger partial charge in [-0.3, -0.25) is 0 Å². The van der Waals surface area contributed by atoms with Crippen LogP contribution < -0.4 is 5.73 Å². The Kier molecular flexibility index (Phi) is 6.25. The van der Waals surface area contributed by atoms with Crippen LogP contribution >= 0.6 is 23.2 Å². The first kappa shape index (κ1) is 20.6. The molecular formula is C20H17Cl2FN2O2S. The second-order valence-corrected chi connectivity index (χ2v) is 9.02. The molecule has 3 rings (SSSR count). The van der Waals surface area contributed by atoms with Crippen molar-refractivity contribution in [2.75, 3.05) is 5.73 Å². The molecule has 0 heterocycles. The summed E-state index contributed by atoms with van der Waals surface area (Å²) in [6, 6.07) is 16.8. The quantitative estimate of drug-likeness (QED) is 0.544. The lowest BCUT2D eigenvalue weighted by molar-refractivity contribution is 0.394. The molecule has 4 nitrogen and oxygen atoms in total. The zero-order valence-corrected chi connectivity index (χ0v) is 17.0. The SMILES string of the molecule is Nc1ccc(CN(Cc2ccc(Cl)cc2F)S(=O)(=O)c2ccc(Cl)cc2)cc1. The average Bonchev–Trinajstić information content (AvgIpc) is 2.65. The van der Waals surface area contributed by atoms with E-state index in [1.807, 2.05) is 0 Å². The smallest absolute Gasteiger partial charge is 0.243 e. The van der Waals surface area contributed by atoms with E-state index in [1.165, 1.54) is 40.7 Å². The molecule has 0 aromatic heterocycles. The highest BCUT2D eigenvalue weighted by molar-refractivity contribution is 7.89. The monoisotopic (exact) mass is 438 g/mol. The summed E-state index contributed by atoms with van der Waals surface area (Å²) < 4.78 is 41.9. The van der Waals surface area contributed by atoms with Gasteiger partial charge >= 0.3 is 0 Å². The standard InChI is InChI=1S/C20H17Cl2FN2O2S/c21-16-5-9-19(10-6-16)28(26,27)25(12-14-1-7-18(24)8-2-14)13-15-3-4-17(22)11-20(15)23/h1-11H,12-13,24H2. The summed E-state index contributed by atoms with van der Waals surface area (Å²) in [6.45, 7) is -0.106. The van der Waals surface area contributed by atoms with Crippen molar-refractivity contribution in [3.63, 3.8) is 0 Å². The van der Waals surface area contributed by atoms with Crippen molar-refractivity contribution in [3.05, 3.63) is 93.7 Å². The number of nitrogen functional groups attached to an aromatic ring is 1. The Morgan fingerprint density at radius 3 is 2.07 bits per heavy atom. The molecule has 0 saturated heterocycles. The van der Waals surface area contributed by atoms with Gasteiger partial charge in [0, 0.05) is 34.4 Å². The maximum Gasteiger partial charge on any atom is 0.243 e. The first-order valence-corrected chi connectivity index (χ1v) is 10.5. The summed E-state index contributed by atoms with van der Waals surface area (Å²) in [5.74, 6) is -0.568. The van der Waals surface area contributed by atoms with Crippen LogP contribution in [0.2, 0.25) is 10.0 Å². The van der Waals surface area contributed by atoms with Crippen molar-refractivity contribution in [3.8, 4) is 0 Å². The second-order valence-electron chi connectivity index (χ2n) is 6.20. The van der Waals surface area contributed by atoms with Gasteiger partial charge in [-0.1, -0.05) is 41.4 Å². The van der Waals surface area contributed by atoms with Crippen LogP contribution in [0, 0.1) is 5.82 Å². The summed E-state index contributed by atoms with van der Waals surface area (Å²) in [4.78, 5) is 0.0710. The number of benzene rings is 3. The maximum atomic E-state index is 14.3. The van der Waals surface area contributed by atoms with Crippen molar-refractivity contribution < 1.29 is 12.8 Å². The van der Waals surface area contributed by atoms with Gasteiger partial charge in [-0.25, -0.2) is 12.8 Å². The summed E-state index contributed by atoms with van der Waals surface area (Å²) in [5.41, 5.74) is 7.21. The van der Waals surface area contributed by atoms with E-state index in [0.717, 1.165) is 11.6 Å². The van der Waals surface area contributed by atoms with Crippen LogP contribution in [0.1, 0.15) is 11.1 Å². The Labute approximate surface area is 173 Å². The van der Waals surface area contributed by atoms with Crippen molar-refractivity contribution in [2.45, 2.75) is 18.0 Å². The first-order valence-electron chi connectivity index (χ1n) is 8.30. The van der Waals surface area contributed by atoms with Crippen molar-refractivity contribution in [1.82, 2.24) is 4.31 Å². The molecule has 2 N–H and O–H groups in total. The third-order valence-electron chi connectivity index (χ3n) is 4.15. The molecule has 0 atom stereocenters. The third-order valence-corrected chi connectivity index (χ3v) is 6.44. The van der Waals surface area contributed by atoms with Crippen LogP contribution in [-0.2, 0) is 23.1 Å². The highest BCUT2D eigenvalue weighted by Crippen LogP contribution is 2.25. The van der Waals surface area contributed by atoms with Crippen molar-refractivity contribution >= 4 is 38.9 Å². The molecule has 0 bridgehead atoms. The lowest BCUT2D eigenvalue weighted by Crippen LogP contribution is -2.30. The Bertz CT molecular complexity index is 1070. The average molecular weight is 439 g/mol. The van der Waals surface area contributed by atoms with Gasteiger partial charge in [-0.15, -0.1) is 0 Å². The number of sulfonamides is 1. The number of hydrogen-bond donors (Lipinski definition) is 1. The van der Waals surface area contributed by atoms with Gasteiger partial charge in [0.1, 0.15) is 5.82 Å². The van der Waals surface area contributed by atoms with Gasteiger partial charge in [0.15, 0.2) is 0 Å². The molecule has 8 heteroatoms. The lowest BCUT2D eigenvalue weighted by Gasteiger charge is -2.23. The van der Waals surface area contributed by atoms with Gasteiger partial charge in [-0.2, -0.15) is 4.31 Å². The van der Waals surface area contributed by atoms with Crippen LogP contribution in [0.3, 0.4) is 0 Å². The van der Waals surface area contributed by atoms with Crippen LogP contribution in [0.5, 0.6) is 0 Å². The van der Waals surface area contributed by atoms with E-state index in [0.29, 0.717) is 10.7 Å². The zero-order valence-electron chi connectivity index (χ0n) is 14.6. The molecule has 0 saturated carbocycles. The predicted molar refractivity (Wildman–Crippen MR) is 110 cm³/mol. The number of anilines is 1. The van der Waals surface area contributed by atoms with Crippen molar-refractivity contribution in [1.29, 1.82) is 0 Å². The van der Waals surface area contributed by atoms with E-state index >= 15 is 0 Å². The molecule has 0 unspecified atom stereocenters. The Morgan fingerprint density at radius 1 is 0.857 bits per heavy atom. The Morgan fingerprint density at radius 2 is 1.46 bits per heavy atom. The Hall–Kier alpha value is -2.12. The van der Waals surface area contributed by atoms with Crippen LogP contribution in [0.15, 0.2) is 71.6 Å². The van der Waals surface area contributed by atoms with E-state index < -0.39 is 15.8 Å². The van der Waals surface area contributed by atoms with E-state index in [-0.39, 0.29) is 28.6 Å². The number of nitrogens with zero attached hydrogens (tertiary/aromatic N) is 1. The lowest BCUT2D eigenvalue weighted by atomic mass is 10.2. The highest BCUT2D eigenvalue weighted by atomic mass is 35.5. The molecule has 0 aliphatic rings. The maximum absolute atomic E-state index is 14.3. The fourth-order valence-corrected chi connectivity index (χ4v) is 4.34. The van der Waals surface area contributed by atoms with Gasteiger partial charge in [-0.05, 0) is 54.1 Å². The van der Waals surface area contributed by atoms with Gasteiger partial charge in [0.2, 0.25) is 10.0 Å². The number of nitrogens with two attached hydrogens (primary N) is 1. The summed E-state index contributed by atoms with van der Waals surface area (Å²) in [6.07, 6.45) is 0. The van der Waals surface area contributed by atoms with E-state index in [9.17, 15) is 12.8 Å². The highest BCUT2D eigenvalue weighted by Gasteiger charge is 2.26. The van der Waals surface area contributed by atoms with E-state index in [1.54, 1.807) is 24.3 Å². The fourth-order valence-electron chi connectivity index (χ4n) is 2.65. The summed E-state index contributed by atoms with van der Waals surface area (Å²) >= 11 is 11.7. The summed E-state index contributed by atoms with van der Waals surface area (Å²) in [5, 5.41) is 0.666. The first-order chi connectivity index (χ1) is 13.3. The molecular weight excluding hydrogens is 422 g/mol. The minimum Gasteiger partial charge on any atom is -0.399 e. The molecule has 0 radical (unpaired) electrons. The minimum atomic E-state index is -3.91. The molecule has 3 aromatic carbocycles. The molecule has 146 valence electrons. The normalized spacial score (nSPS) is 11.7. The third kappa shape index (κ3) is 4.83. The topological polar surface area (TPSA) is 63.4 Å². The number of halogens is 3. The van der Waals surface area contributed by atoms with Gasteiger partial charge < -0.3 is 5.73 Å². The number of hydrogen-bond acceptors (Lipinski definition) is 3. The van der Waals surface area contributed by atoms with E-state index in [2.05, 4.69) is 0 Å². The molecule has 0 aliphatic carbocycles. The van der Waals surface area contributed by atoms with Crippen LogP contribution in [0.25, 0.3) is 0 Å². The van der Waals surface area contributed by atoms with E-state index in [4.69, 9.17) is 28.9 Å².